The zero-order chi connectivity index (χ0) is 9.80. The Morgan fingerprint density at radius 3 is 3.36 bits per heavy atom. The number of nitrogens with one attached hydrogen (secondary N) is 1. The molecule has 1 saturated heterocycles. The van der Waals surface area contributed by atoms with Gasteiger partial charge < -0.3 is 15.0 Å². The summed E-state index contributed by atoms with van der Waals surface area (Å²) in [7, 11) is 2.05. The van der Waals surface area contributed by atoms with Crippen LogP contribution in [0.15, 0.2) is 11.6 Å². The van der Waals surface area contributed by atoms with Gasteiger partial charge in [-0.25, -0.2) is 4.98 Å². The van der Waals surface area contributed by atoms with E-state index in [1.165, 1.54) is 0 Å². The lowest BCUT2D eigenvalue weighted by Gasteiger charge is -2.27. The van der Waals surface area contributed by atoms with E-state index >= 15 is 0 Å². The Labute approximate surface area is 87.9 Å². The number of morpholine rings is 1. The molecule has 1 aliphatic rings. The Morgan fingerprint density at radius 2 is 2.71 bits per heavy atom. The molecule has 5 heteroatoms. The Kier molecular flexibility index (Phi) is 3.34. The maximum Gasteiger partial charge on any atom is 0.185 e. The zero-order valence-corrected chi connectivity index (χ0v) is 9.09. The fraction of sp³-hybridized carbons (Fsp3) is 0.667. The minimum Gasteiger partial charge on any atom is -0.374 e. The van der Waals surface area contributed by atoms with Gasteiger partial charge >= 0.3 is 0 Å². The molecule has 4 nitrogen and oxygen atoms in total. The van der Waals surface area contributed by atoms with Crippen molar-refractivity contribution in [3.8, 4) is 0 Å². The molecule has 0 aliphatic carbocycles. The van der Waals surface area contributed by atoms with Crippen molar-refractivity contribution >= 4 is 16.5 Å². The molecule has 0 bridgehead atoms. The summed E-state index contributed by atoms with van der Waals surface area (Å²) in [5.74, 6) is 0. The first kappa shape index (κ1) is 9.89. The van der Waals surface area contributed by atoms with Gasteiger partial charge in [0.05, 0.1) is 12.7 Å². The van der Waals surface area contributed by atoms with Crippen LogP contribution in [0.1, 0.15) is 0 Å². The van der Waals surface area contributed by atoms with Crippen molar-refractivity contribution in [2.75, 3.05) is 38.2 Å². The first-order valence-corrected chi connectivity index (χ1v) is 5.67. The van der Waals surface area contributed by atoms with E-state index in [4.69, 9.17) is 4.74 Å². The number of anilines is 1. The Morgan fingerprint density at radius 1 is 1.79 bits per heavy atom. The number of hydrogen-bond acceptors (Lipinski definition) is 5. The van der Waals surface area contributed by atoms with E-state index in [1.807, 2.05) is 11.6 Å². The highest BCUT2D eigenvalue weighted by Gasteiger charge is 2.16. The van der Waals surface area contributed by atoms with Crippen LogP contribution in [-0.4, -0.2) is 44.4 Å². The lowest BCUT2D eigenvalue weighted by Crippen LogP contribution is -2.44. The van der Waals surface area contributed by atoms with E-state index in [-0.39, 0.29) is 6.10 Å². The van der Waals surface area contributed by atoms with Gasteiger partial charge in [-0.3, -0.25) is 0 Å². The molecule has 1 unspecified atom stereocenters. The fourth-order valence-electron chi connectivity index (χ4n) is 1.52. The number of hydrogen-bond donors (Lipinski definition) is 1. The molecule has 0 amide bonds. The van der Waals surface area contributed by atoms with Crippen LogP contribution in [0, 0.1) is 0 Å². The fourth-order valence-corrected chi connectivity index (χ4v) is 2.14. The molecule has 0 spiro atoms. The summed E-state index contributed by atoms with van der Waals surface area (Å²) < 4.78 is 5.62. The second-order valence-corrected chi connectivity index (χ2v) is 4.27. The smallest absolute Gasteiger partial charge is 0.185 e. The minimum absolute atomic E-state index is 0.289. The van der Waals surface area contributed by atoms with Crippen LogP contribution in [0.5, 0.6) is 0 Å². The zero-order valence-electron chi connectivity index (χ0n) is 8.27. The third-order valence-electron chi connectivity index (χ3n) is 2.23. The predicted octanol–water partition coefficient (Wildman–Crippen LogP) is 0.568. The van der Waals surface area contributed by atoms with Crippen LogP contribution < -0.4 is 10.2 Å². The molecule has 2 heterocycles. The highest BCUT2D eigenvalue weighted by molar-refractivity contribution is 7.13. The molecule has 1 atom stereocenters. The van der Waals surface area contributed by atoms with E-state index in [9.17, 15) is 0 Å². The van der Waals surface area contributed by atoms with E-state index in [2.05, 4.69) is 22.2 Å². The monoisotopic (exact) mass is 213 g/mol. The van der Waals surface area contributed by atoms with Crippen LogP contribution >= 0.6 is 11.3 Å². The highest BCUT2D eigenvalue weighted by Crippen LogP contribution is 2.16. The molecule has 0 aromatic carbocycles. The summed E-state index contributed by atoms with van der Waals surface area (Å²) in [6.07, 6.45) is 2.12. The molecule has 2 rings (SSSR count). The van der Waals surface area contributed by atoms with Crippen LogP contribution in [0.4, 0.5) is 5.13 Å². The Hall–Kier alpha value is -0.650. The molecule has 14 heavy (non-hydrogen) atoms. The van der Waals surface area contributed by atoms with Crippen LogP contribution in [0.25, 0.3) is 0 Å². The lowest BCUT2D eigenvalue weighted by molar-refractivity contribution is 0.0340. The topological polar surface area (TPSA) is 37.4 Å². The lowest BCUT2D eigenvalue weighted by atomic mass is 10.3. The minimum atomic E-state index is 0.289. The summed E-state index contributed by atoms with van der Waals surface area (Å²) in [5, 5.41) is 6.36. The van der Waals surface area contributed by atoms with Crippen LogP contribution in [-0.2, 0) is 4.74 Å². The van der Waals surface area contributed by atoms with Crippen molar-refractivity contribution in [2.24, 2.45) is 0 Å². The van der Waals surface area contributed by atoms with Gasteiger partial charge in [0.25, 0.3) is 0 Å². The molecule has 0 radical (unpaired) electrons. The molecule has 1 N–H and O–H groups in total. The molecule has 1 aromatic rings. The molecule has 1 aromatic heterocycles. The van der Waals surface area contributed by atoms with Gasteiger partial charge in [-0.1, -0.05) is 0 Å². The summed E-state index contributed by atoms with van der Waals surface area (Å²) in [6.45, 7) is 3.63. The summed E-state index contributed by atoms with van der Waals surface area (Å²) in [6, 6.07) is 0. The van der Waals surface area contributed by atoms with Crippen molar-refractivity contribution in [2.45, 2.75) is 6.10 Å². The SMILES string of the molecule is CN(CC1CNCCO1)c1nccs1. The van der Waals surface area contributed by atoms with E-state index in [1.54, 1.807) is 11.3 Å². The number of likely N-dealkylation sites (N-methyl/N-ethyl adjacent to an activating group) is 1. The molecular weight excluding hydrogens is 198 g/mol. The molecule has 78 valence electrons. The van der Waals surface area contributed by atoms with Crippen molar-refractivity contribution < 1.29 is 4.74 Å². The number of ether oxygens (including phenoxy) is 1. The number of rotatable bonds is 3. The first-order chi connectivity index (χ1) is 6.86. The van der Waals surface area contributed by atoms with Crippen LogP contribution in [0.2, 0.25) is 0 Å². The Balaban J connectivity index is 1.84. The third-order valence-corrected chi connectivity index (χ3v) is 3.11. The van der Waals surface area contributed by atoms with Gasteiger partial charge in [-0.05, 0) is 0 Å². The largest absolute Gasteiger partial charge is 0.374 e. The van der Waals surface area contributed by atoms with E-state index < -0.39 is 0 Å². The van der Waals surface area contributed by atoms with E-state index in [0.717, 1.165) is 31.4 Å². The normalized spacial score (nSPS) is 22.2. The third kappa shape index (κ3) is 2.43. The highest BCUT2D eigenvalue weighted by atomic mass is 32.1. The predicted molar refractivity (Wildman–Crippen MR) is 58.0 cm³/mol. The maximum atomic E-state index is 5.62. The summed E-state index contributed by atoms with van der Waals surface area (Å²) in [4.78, 5) is 6.39. The van der Waals surface area contributed by atoms with Crippen molar-refractivity contribution in [1.82, 2.24) is 10.3 Å². The second kappa shape index (κ2) is 4.72. The summed E-state index contributed by atoms with van der Waals surface area (Å²) in [5.41, 5.74) is 0. The maximum absolute atomic E-state index is 5.62. The molecule has 1 fully saturated rings. The standard InChI is InChI=1S/C9H15N3OS/c1-12(9-11-3-5-14-9)7-8-6-10-2-4-13-8/h3,5,8,10H,2,4,6-7H2,1H3. The Bertz CT molecular complexity index is 259. The average molecular weight is 213 g/mol. The first-order valence-electron chi connectivity index (χ1n) is 4.79. The molecule has 0 saturated carbocycles. The van der Waals surface area contributed by atoms with Gasteiger partial charge in [0.1, 0.15) is 0 Å². The molecule has 1 aliphatic heterocycles. The van der Waals surface area contributed by atoms with Crippen molar-refractivity contribution in [1.29, 1.82) is 0 Å². The average Bonchev–Trinajstić information content (AvgIpc) is 2.72. The number of aromatic nitrogens is 1. The van der Waals surface area contributed by atoms with E-state index in [0.29, 0.717) is 0 Å². The van der Waals surface area contributed by atoms with Crippen LogP contribution in [0.3, 0.4) is 0 Å². The van der Waals surface area contributed by atoms with Crippen molar-refractivity contribution in [3.63, 3.8) is 0 Å². The number of nitrogens with zero attached hydrogens (tertiary/aromatic N) is 2. The molecular formula is C9H15N3OS. The van der Waals surface area contributed by atoms with Gasteiger partial charge in [-0.15, -0.1) is 11.3 Å². The van der Waals surface area contributed by atoms with Gasteiger partial charge in [0, 0.05) is 38.3 Å². The quantitative estimate of drug-likeness (QED) is 0.796. The number of thiazole rings is 1. The second-order valence-electron chi connectivity index (χ2n) is 3.39. The van der Waals surface area contributed by atoms with Gasteiger partial charge in [0.2, 0.25) is 0 Å². The van der Waals surface area contributed by atoms with Crippen molar-refractivity contribution in [3.05, 3.63) is 11.6 Å². The van der Waals surface area contributed by atoms with Gasteiger partial charge in [-0.2, -0.15) is 0 Å². The van der Waals surface area contributed by atoms with Gasteiger partial charge in [0.15, 0.2) is 5.13 Å². The summed E-state index contributed by atoms with van der Waals surface area (Å²) >= 11 is 1.66.